The van der Waals surface area contributed by atoms with Crippen LogP contribution in [0.1, 0.15) is 7.85 Å². The Kier molecular flexibility index (Phi) is 7.46. The summed E-state index contributed by atoms with van der Waals surface area (Å²) in [6.45, 7) is -0.698. The molecule has 0 aliphatic carbocycles. The molecule has 0 aliphatic rings. The standard InChI is InChI=1S/C3H6F2O4S.Li.H/c4-3(5)1-2-9-10(6,7)8;;/h3H,1-2H2,(H,6,7,8);;/q;+1;-1. The monoisotopic (exact) mass is 184 g/mol. The van der Waals surface area contributed by atoms with Gasteiger partial charge in [-0.05, 0) is 0 Å². The summed E-state index contributed by atoms with van der Waals surface area (Å²) < 4.78 is 53.3. The maximum absolute atomic E-state index is 11.3. The first-order chi connectivity index (χ1) is 4.42. The van der Waals surface area contributed by atoms with Gasteiger partial charge in [-0.1, -0.05) is 0 Å². The Balaban J connectivity index is -0.000000405. The van der Waals surface area contributed by atoms with Gasteiger partial charge in [0.25, 0.3) is 0 Å². The topological polar surface area (TPSA) is 63.6 Å². The largest absolute Gasteiger partial charge is 1.00 e. The zero-order chi connectivity index (χ0) is 8.20. The molecule has 0 aromatic heterocycles. The van der Waals surface area contributed by atoms with Crippen LogP contribution in [0.4, 0.5) is 8.78 Å². The molecule has 0 spiro atoms. The van der Waals surface area contributed by atoms with E-state index in [9.17, 15) is 17.2 Å². The molecule has 0 saturated carbocycles. The van der Waals surface area contributed by atoms with Crippen molar-refractivity contribution in [2.24, 2.45) is 0 Å². The zero-order valence-corrected chi connectivity index (χ0v) is 6.64. The van der Waals surface area contributed by atoms with Gasteiger partial charge in [0.15, 0.2) is 0 Å². The van der Waals surface area contributed by atoms with Crippen molar-refractivity contribution in [2.45, 2.75) is 12.8 Å². The Morgan fingerprint density at radius 1 is 1.55 bits per heavy atom. The normalized spacial score (nSPS) is 11.3. The van der Waals surface area contributed by atoms with Crippen LogP contribution < -0.4 is 18.9 Å². The molecule has 0 bridgehead atoms. The molecule has 64 valence electrons. The summed E-state index contributed by atoms with van der Waals surface area (Å²) in [5.74, 6) is 0. The van der Waals surface area contributed by atoms with Crippen LogP contribution in [-0.4, -0.2) is 26.0 Å². The predicted octanol–water partition coefficient (Wildman–Crippen LogP) is -2.42. The average molecular weight is 184 g/mol. The van der Waals surface area contributed by atoms with Gasteiger partial charge in [0, 0.05) is 6.42 Å². The second-order valence-corrected chi connectivity index (χ2v) is 2.52. The van der Waals surface area contributed by atoms with E-state index in [1.807, 2.05) is 0 Å². The van der Waals surface area contributed by atoms with E-state index < -0.39 is 29.9 Å². The summed E-state index contributed by atoms with van der Waals surface area (Å²) in [4.78, 5) is 0. The third-order valence-electron chi connectivity index (χ3n) is 0.568. The number of alkyl halides is 2. The molecule has 1 N–H and O–H groups in total. The van der Waals surface area contributed by atoms with Crippen LogP contribution in [0, 0.1) is 0 Å². The fourth-order valence-corrected chi connectivity index (χ4v) is 0.549. The van der Waals surface area contributed by atoms with Crippen LogP contribution in [0.3, 0.4) is 0 Å². The molecule has 0 saturated heterocycles. The van der Waals surface area contributed by atoms with Gasteiger partial charge in [-0.3, -0.25) is 4.55 Å². The maximum Gasteiger partial charge on any atom is 1.00 e. The van der Waals surface area contributed by atoms with Crippen molar-refractivity contribution in [2.75, 3.05) is 6.61 Å². The smallest absolute Gasteiger partial charge is 1.00 e. The summed E-state index contributed by atoms with van der Waals surface area (Å²) in [6, 6.07) is 0. The Labute approximate surface area is 76.5 Å². The third-order valence-corrected chi connectivity index (χ3v) is 1.03. The van der Waals surface area contributed by atoms with Crippen LogP contribution in [-0.2, 0) is 14.6 Å². The van der Waals surface area contributed by atoms with Gasteiger partial charge in [0.1, 0.15) is 0 Å². The van der Waals surface area contributed by atoms with Crippen molar-refractivity contribution in [1.82, 2.24) is 0 Å². The van der Waals surface area contributed by atoms with E-state index in [0.29, 0.717) is 0 Å². The molecule has 0 fully saturated rings. The summed E-state index contributed by atoms with van der Waals surface area (Å²) in [6.07, 6.45) is -3.33. The average Bonchev–Trinajstić information content (AvgIpc) is 1.59. The van der Waals surface area contributed by atoms with E-state index >= 15 is 0 Å². The fraction of sp³-hybridized carbons (Fsp3) is 1.00. The van der Waals surface area contributed by atoms with Crippen LogP contribution in [0.25, 0.3) is 0 Å². The molecule has 0 heterocycles. The van der Waals surface area contributed by atoms with Crippen LogP contribution in [0.5, 0.6) is 0 Å². The van der Waals surface area contributed by atoms with Gasteiger partial charge < -0.3 is 1.43 Å². The van der Waals surface area contributed by atoms with Gasteiger partial charge in [-0.25, -0.2) is 13.0 Å². The van der Waals surface area contributed by atoms with Gasteiger partial charge in [0.05, 0.1) is 6.61 Å². The molecule has 0 unspecified atom stereocenters. The van der Waals surface area contributed by atoms with Crippen molar-refractivity contribution in [1.29, 1.82) is 0 Å². The van der Waals surface area contributed by atoms with E-state index in [1.165, 1.54) is 0 Å². The van der Waals surface area contributed by atoms with Gasteiger partial charge >= 0.3 is 29.3 Å². The minimum Gasteiger partial charge on any atom is -1.00 e. The Morgan fingerprint density at radius 3 is 2.27 bits per heavy atom. The molecule has 0 aromatic rings. The summed E-state index contributed by atoms with van der Waals surface area (Å²) in [5, 5.41) is 0. The zero-order valence-electron chi connectivity index (χ0n) is 6.83. The third kappa shape index (κ3) is 13.3. The molecule has 8 heteroatoms. The predicted molar refractivity (Wildman–Crippen MR) is 29.2 cm³/mol. The van der Waals surface area contributed by atoms with E-state index in [-0.39, 0.29) is 20.3 Å². The molecule has 0 rings (SSSR count). The Bertz CT molecular complexity index is 185. The van der Waals surface area contributed by atoms with Crippen LogP contribution >= 0.6 is 0 Å². The van der Waals surface area contributed by atoms with E-state index in [4.69, 9.17) is 4.55 Å². The molecular formula is C3H7F2LiO4S. The van der Waals surface area contributed by atoms with E-state index in [0.717, 1.165) is 0 Å². The molecular weight excluding hydrogens is 177 g/mol. The molecule has 0 aromatic carbocycles. The van der Waals surface area contributed by atoms with Gasteiger partial charge in [-0.2, -0.15) is 8.42 Å². The molecule has 0 aliphatic heterocycles. The van der Waals surface area contributed by atoms with Gasteiger partial charge in [0.2, 0.25) is 6.43 Å². The fourth-order valence-electron chi connectivity index (χ4n) is 0.243. The second kappa shape index (κ2) is 5.91. The first-order valence-corrected chi connectivity index (χ1v) is 3.68. The summed E-state index contributed by atoms with van der Waals surface area (Å²) in [5.41, 5.74) is 0. The first-order valence-electron chi connectivity index (χ1n) is 2.32. The minimum atomic E-state index is -4.55. The molecule has 4 nitrogen and oxygen atoms in total. The van der Waals surface area contributed by atoms with E-state index in [1.54, 1.807) is 0 Å². The number of rotatable bonds is 4. The Hall–Kier alpha value is 0.327. The first kappa shape index (κ1) is 13.9. The van der Waals surface area contributed by atoms with Crippen LogP contribution in [0.15, 0.2) is 0 Å². The maximum atomic E-state index is 11.3. The second-order valence-electron chi connectivity index (χ2n) is 1.43. The summed E-state index contributed by atoms with van der Waals surface area (Å²) >= 11 is 0. The summed E-state index contributed by atoms with van der Waals surface area (Å²) in [7, 11) is -4.55. The van der Waals surface area contributed by atoms with Crippen LogP contribution in [0.2, 0.25) is 0 Å². The van der Waals surface area contributed by atoms with Crippen molar-refractivity contribution in [3.63, 3.8) is 0 Å². The molecule has 0 atom stereocenters. The molecule has 0 radical (unpaired) electrons. The minimum absolute atomic E-state index is 0. The Morgan fingerprint density at radius 2 is 2.00 bits per heavy atom. The molecule has 11 heavy (non-hydrogen) atoms. The SMILES string of the molecule is O=S(=O)(O)OCCC(F)F.[H-].[Li+]. The van der Waals surface area contributed by atoms with Crippen molar-refractivity contribution < 1.29 is 46.2 Å². The number of hydrogen-bond donors (Lipinski definition) is 1. The van der Waals surface area contributed by atoms with Crippen molar-refractivity contribution >= 4 is 10.4 Å². The van der Waals surface area contributed by atoms with E-state index in [2.05, 4.69) is 4.18 Å². The van der Waals surface area contributed by atoms with Crippen molar-refractivity contribution in [3.05, 3.63) is 0 Å². The quantitative estimate of drug-likeness (QED) is 0.390. The van der Waals surface area contributed by atoms with Crippen molar-refractivity contribution in [3.8, 4) is 0 Å². The number of hydrogen-bond acceptors (Lipinski definition) is 3. The molecule has 0 amide bonds. The van der Waals surface area contributed by atoms with Gasteiger partial charge in [-0.15, -0.1) is 0 Å². The number of halogens is 2.